The maximum absolute atomic E-state index is 6.34. The fourth-order valence-corrected chi connectivity index (χ4v) is 2.90. The summed E-state index contributed by atoms with van der Waals surface area (Å²) < 4.78 is 8.77. The minimum absolute atomic E-state index is 0.403. The largest absolute Gasteiger partial charge is 0.487 e. The predicted octanol–water partition coefficient (Wildman–Crippen LogP) is 3.70. The SMILES string of the molecule is CCc1nn(C)c(COc2ccc(Br)cc2CNC)c1Cl. The van der Waals surface area contributed by atoms with Crippen molar-refractivity contribution in [1.29, 1.82) is 0 Å². The average Bonchev–Trinajstić information content (AvgIpc) is 2.73. The van der Waals surface area contributed by atoms with Crippen LogP contribution in [0.15, 0.2) is 22.7 Å². The number of aromatic nitrogens is 2. The Labute approximate surface area is 138 Å². The Hall–Kier alpha value is -1.04. The number of ether oxygens (including phenoxy) is 1. The number of rotatable bonds is 6. The quantitative estimate of drug-likeness (QED) is 0.840. The van der Waals surface area contributed by atoms with Gasteiger partial charge in [-0.15, -0.1) is 0 Å². The topological polar surface area (TPSA) is 39.1 Å². The molecule has 1 N–H and O–H groups in total. The Kier molecular flexibility index (Phi) is 5.67. The van der Waals surface area contributed by atoms with Gasteiger partial charge in [-0.25, -0.2) is 0 Å². The molecule has 0 fully saturated rings. The average molecular weight is 373 g/mol. The van der Waals surface area contributed by atoms with Gasteiger partial charge in [0.05, 0.1) is 16.4 Å². The van der Waals surface area contributed by atoms with E-state index in [1.54, 1.807) is 4.68 Å². The van der Waals surface area contributed by atoms with Crippen molar-refractivity contribution in [3.8, 4) is 5.75 Å². The zero-order chi connectivity index (χ0) is 15.4. The van der Waals surface area contributed by atoms with Gasteiger partial charge in [0.25, 0.3) is 0 Å². The van der Waals surface area contributed by atoms with Gasteiger partial charge in [-0.3, -0.25) is 4.68 Å². The lowest BCUT2D eigenvalue weighted by molar-refractivity contribution is 0.291. The summed E-state index contributed by atoms with van der Waals surface area (Å²) in [5.74, 6) is 0.850. The molecule has 0 saturated carbocycles. The van der Waals surface area contributed by atoms with Crippen LogP contribution >= 0.6 is 27.5 Å². The number of benzene rings is 1. The van der Waals surface area contributed by atoms with Crippen LogP contribution in [0.4, 0.5) is 0 Å². The number of hydrogen-bond donors (Lipinski definition) is 1. The highest BCUT2D eigenvalue weighted by Gasteiger charge is 2.14. The van der Waals surface area contributed by atoms with Gasteiger partial charge < -0.3 is 10.1 Å². The van der Waals surface area contributed by atoms with E-state index in [-0.39, 0.29) is 0 Å². The molecule has 2 rings (SSSR count). The van der Waals surface area contributed by atoms with Gasteiger partial charge >= 0.3 is 0 Å². The third-order valence-electron chi connectivity index (χ3n) is 3.26. The molecule has 1 aromatic carbocycles. The Balaban J connectivity index is 2.18. The standard InChI is InChI=1S/C15H19BrClN3O/c1-4-12-15(17)13(20(3)19-12)9-21-14-6-5-11(16)7-10(14)8-18-2/h5-7,18H,4,8-9H2,1-3H3. The van der Waals surface area contributed by atoms with E-state index in [1.165, 1.54) is 0 Å². The molecule has 1 heterocycles. The first-order chi connectivity index (χ1) is 10.1. The molecule has 0 unspecified atom stereocenters. The van der Waals surface area contributed by atoms with Crippen LogP contribution in [0.2, 0.25) is 5.02 Å². The monoisotopic (exact) mass is 371 g/mol. The van der Waals surface area contributed by atoms with Crippen molar-refractivity contribution in [3.05, 3.63) is 44.6 Å². The molecule has 4 nitrogen and oxygen atoms in total. The highest BCUT2D eigenvalue weighted by molar-refractivity contribution is 9.10. The molecule has 0 atom stereocenters. The molecule has 0 bridgehead atoms. The van der Waals surface area contributed by atoms with Crippen molar-refractivity contribution >= 4 is 27.5 Å². The van der Waals surface area contributed by atoms with Crippen LogP contribution in [0.25, 0.3) is 0 Å². The molecular weight excluding hydrogens is 354 g/mol. The Morgan fingerprint density at radius 3 is 2.81 bits per heavy atom. The predicted molar refractivity (Wildman–Crippen MR) is 88.8 cm³/mol. The smallest absolute Gasteiger partial charge is 0.131 e. The summed E-state index contributed by atoms with van der Waals surface area (Å²) in [6.07, 6.45) is 0.815. The summed E-state index contributed by atoms with van der Waals surface area (Å²) in [6, 6.07) is 5.98. The Bertz CT molecular complexity index is 628. The van der Waals surface area contributed by atoms with Crippen molar-refractivity contribution < 1.29 is 4.74 Å². The van der Waals surface area contributed by atoms with Crippen LogP contribution in [0.3, 0.4) is 0 Å². The van der Waals surface area contributed by atoms with Crippen molar-refractivity contribution in [2.24, 2.45) is 7.05 Å². The van der Waals surface area contributed by atoms with E-state index >= 15 is 0 Å². The lowest BCUT2D eigenvalue weighted by Gasteiger charge is -2.12. The minimum atomic E-state index is 0.403. The lowest BCUT2D eigenvalue weighted by atomic mass is 10.2. The molecule has 6 heteroatoms. The highest BCUT2D eigenvalue weighted by atomic mass is 79.9. The van der Waals surface area contributed by atoms with E-state index < -0.39 is 0 Å². The molecule has 0 aliphatic rings. The van der Waals surface area contributed by atoms with Gasteiger partial charge in [0, 0.05) is 23.6 Å². The summed E-state index contributed by atoms with van der Waals surface area (Å²) in [5, 5.41) is 8.24. The Morgan fingerprint density at radius 2 is 2.19 bits per heavy atom. The zero-order valence-corrected chi connectivity index (χ0v) is 14.8. The van der Waals surface area contributed by atoms with E-state index in [9.17, 15) is 0 Å². The van der Waals surface area contributed by atoms with Crippen LogP contribution in [0.5, 0.6) is 5.75 Å². The third kappa shape index (κ3) is 3.78. The molecule has 1 aromatic heterocycles. The number of halogens is 2. The summed E-state index contributed by atoms with van der Waals surface area (Å²) >= 11 is 9.82. The Morgan fingerprint density at radius 1 is 1.43 bits per heavy atom. The molecule has 0 amide bonds. The first kappa shape index (κ1) is 16.3. The van der Waals surface area contributed by atoms with Crippen LogP contribution < -0.4 is 10.1 Å². The van der Waals surface area contributed by atoms with E-state index in [1.807, 2.05) is 39.2 Å². The lowest BCUT2D eigenvalue weighted by Crippen LogP contribution is -2.09. The summed E-state index contributed by atoms with van der Waals surface area (Å²) in [7, 11) is 3.80. The number of nitrogens with zero attached hydrogens (tertiary/aromatic N) is 2. The van der Waals surface area contributed by atoms with Crippen LogP contribution in [-0.4, -0.2) is 16.8 Å². The zero-order valence-electron chi connectivity index (χ0n) is 12.4. The highest BCUT2D eigenvalue weighted by Crippen LogP contribution is 2.26. The van der Waals surface area contributed by atoms with Crippen LogP contribution in [0.1, 0.15) is 23.9 Å². The first-order valence-electron chi connectivity index (χ1n) is 6.82. The minimum Gasteiger partial charge on any atom is -0.487 e. The molecule has 114 valence electrons. The van der Waals surface area contributed by atoms with E-state index in [0.717, 1.165) is 40.1 Å². The van der Waals surface area contributed by atoms with E-state index in [4.69, 9.17) is 16.3 Å². The third-order valence-corrected chi connectivity index (χ3v) is 4.19. The van der Waals surface area contributed by atoms with Crippen molar-refractivity contribution in [2.75, 3.05) is 7.05 Å². The van der Waals surface area contributed by atoms with Gasteiger partial charge in [-0.1, -0.05) is 34.5 Å². The van der Waals surface area contributed by atoms with E-state index in [2.05, 4.69) is 26.3 Å². The first-order valence-corrected chi connectivity index (χ1v) is 8.00. The number of aryl methyl sites for hydroxylation is 2. The van der Waals surface area contributed by atoms with Crippen molar-refractivity contribution in [2.45, 2.75) is 26.5 Å². The van der Waals surface area contributed by atoms with Crippen LogP contribution in [0, 0.1) is 0 Å². The molecule has 0 aliphatic carbocycles. The molecular formula is C15H19BrClN3O. The number of nitrogens with one attached hydrogen (secondary N) is 1. The van der Waals surface area contributed by atoms with Gasteiger partial charge in [-0.2, -0.15) is 5.10 Å². The van der Waals surface area contributed by atoms with Gasteiger partial charge in [-0.05, 0) is 31.7 Å². The summed E-state index contributed by atoms with van der Waals surface area (Å²) in [6.45, 7) is 3.19. The maximum Gasteiger partial charge on any atom is 0.131 e. The van der Waals surface area contributed by atoms with Crippen molar-refractivity contribution in [3.63, 3.8) is 0 Å². The second-order valence-electron chi connectivity index (χ2n) is 4.76. The normalized spacial score (nSPS) is 10.9. The maximum atomic E-state index is 6.34. The summed E-state index contributed by atoms with van der Waals surface area (Å²) in [4.78, 5) is 0. The second-order valence-corrected chi connectivity index (χ2v) is 6.05. The fraction of sp³-hybridized carbons (Fsp3) is 0.400. The van der Waals surface area contributed by atoms with Gasteiger partial charge in [0.2, 0.25) is 0 Å². The second kappa shape index (κ2) is 7.29. The van der Waals surface area contributed by atoms with Crippen LogP contribution in [-0.2, 0) is 26.6 Å². The van der Waals surface area contributed by atoms with Crippen molar-refractivity contribution in [1.82, 2.24) is 15.1 Å². The molecule has 0 saturated heterocycles. The van der Waals surface area contributed by atoms with Gasteiger partial charge in [0.15, 0.2) is 0 Å². The van der Waals surface area contributed by atoms with Gasteiger partial charge in [0.1, 0.15) is 12.4 Å². The van der Waals surface area contributed by atoms with E-state index in [0.29, 0.717) is 11.6 Å². The number of hydrogen-bond acceptors (Lipinski definition) is 3. The fourth-order valence-electron chi connectivity index (χ4n) is 2.14. The molecule has 0 aliphatic heterocycles. The molecule has 0 spiro atoms. The molecule has 2 aromatic rings. The summed E-state index contributed by atoms with van der Waals surface area (Å²) in [5.41, 5.74) is 2.90. The molecule has 21 heavy (non-hydrogen) atoms. The molecule has 0 radical (unpaired) electrons.